The zero-order valence-corrected chi connectivity index (χ0v) is 9.91. The third-order valence-corrected chi connectivity index (χ3v) is 3.27. The third-order valence-electron chi connectivity index (χ3n) is 2.08. The molecule has 5 nitrogen and oxygen atoms in total. The van der Waals surface area contributed by atoms with Gasteiger partial charge >= 0.3 is 0 Å². The number of hydrogen-bond donors (Lipinski definition) is 2. The highest BCUT2D eigenvalue weighted by molar-refractivity contribution is 7.99. The summed E-state index contributed by atoms with van der Waals surface area (Å²) >= 11 is 1.01. The standard InChI is InChI=1S/C10H12FNO4S/c1-6-2-10(17-5-7(14)4-13)9(12(15)16)3-8(6)11/h2-3,7,13-14H,4-5H2,1H3. The van der Waals surface area contributed by atoms with E-state index < -0.39 is 23.5 Å². The van der Waals surface area contributed by atoms with E-state index >= 15 is 0 Å². The first-order chi connectivity index (χ1) is 7.95. The lowest BCUT2D eigenvalue weighted by Gasteiger charge is -2.08. The lowest BCUT2D eigenvalue weighted by atomic mass is 10.2. The molecule has 94 valence electrons. The van der Waals surface area contributed by atoms with Crippen molar-refractivity contribution in [3.63, 3.8) is 0 Å². The Morgan fingerprint density at radius 1 is 1.59 bits per heavy atom. The zero-order chi connectivity index (χ0) is 13.0. The summed E-state index contributed by atoms with van der Waals surface area (Å²) in [7, 11) is 0. The monoisotopic (exact) mass is 261 g/mol. The molecule has 0 bridgehead atoms. The topological polar surface area (TPSA) is 83.6 Å². The van der Waals surface area contributed by atoms with E-state index in [1.54, 1.807) is 0 Å². The van der Waals surface area contributed by atoms with E-state index in [4.69, 9.17) is 10.2 Å². The average Bonchev–Trinajstić information content (AvgIpc) is 2.29. The Bertz CT molecular complexity index is 427. The van der Waals surface area contributed by atoms with Gasteiger partial charge in [-0.3, -0.25) is 10.1 Å². The number of nitro groups is 1. The number of benzene rings is 1. The van der Waals surface area contributed by atoms with Crippen LogP contribution < -0.4 is 0 Å². The number of nitro benzene ring substituents is 1. The van der Waals surface area contributed by atoms with Gasteiger partial charge in [0.2, 0.25) is 0 Å². The number of rotatable bonds is 5. The molecule has 0 aliphatic rings. The molecule has 0 saturated carbocycles. The molecule has 0 fully saturated rings. The van der Waals surface area contributed by atoms with Gasteiger partial charge in [-0.05, 0) is 18.6 Å². The molecule has 1 aromatic carbocycles. The Labute approximate surface area is 101 Å². The lowest BCUT2D eigenvalue weighted by Crippen LogP contribution is -2.14. The first-order valence-corrected chi connectivity index (χ1v) is 5.80. The van der Waals surface area contributed by atoms with Crippen molar-refractivity contribution in [3.05, 3.63) is 33.6 Å². The number of nitrogens with zero attached hydrogens (tertiary/aromatic N) is 1. The number of aliphatic hydroxyl groups excluding tert-OH is 2. The van der Waals surface area contributed by atoms with Gasteiger partial charge in [0, 0.05) is 5.75 Å². The van der Waals surface area contributed by atoms with Crippen molar-refractivity contribution in [3.8, 4) is 0 Å². The Balaban J connectivity index is 2.96. The average molecular weight is 261 g/mol. The van der Waals surface area contributed by atoms with Gasteiger partial charge in [0.25, 0.3) is 5.69 Å². The molecule has 0 saturated heterocycles. The second kappa shape index (κ2) is 5.95. The van der Waals surface area contributed by atoms with Gasteiger partial charge in [0.05, 0.1) is 28.6 Å². The molecule has 0 heterocycles. The van der Waals surface area contributed by atoms with E-state index in [1.807, 2.05) is 0 Å². The van der Waals surface area contributed by atoms with E-state index in [2.05, 4.69) is 0 Å². The minimum absolute atomic E-state index is 0.114. The van der Waals surface area contributed by atoms with Crippen molar-refractivity contribution >= 4 is 17.4 Å². The molecule has 17 heavy (non-hydrogen) atoms. The molecule has 0 amide bonds. The number of aryl methyl sites for hydroxylation is 1. The maximum absolute atomic E-state index is 13.2. The highest BCUT2D eigenvalue weighted by Gasteiger charge is 2.18. The number of hydrogen-bond acceptors (Lipinski definition) is 5. The fraction of sp³-hybridized carbons (Fsp3) is 0.400. The third kappa shape index (κ3) is 3.65. The van der Waals surface area contributed by atoms with E-state index in [-0.39, 0.29) is 16.3 Å². The summed E-state index contributed by atoms with van der Waals surface area (Å²) in [5.41, 5.74) is -0.0279. The predicted octanol–water partition coefficient (Wildman–Crippen LogP) is 1.49. The molecule has 1 rings (SSSR count). The Morgan fingerprint density at radius 3 is 2.76 bits per heavy atom. The Hall–Kier alpha value is -1.18. The first kappa shape index (κ1) is 13.9. The van der Waals surface area contributed by atoms with Gasteiger partial charge in [-0.2, -0.15) is 0 Å². The lowest BCUT2D eigenvalue weighted by molar-refractivity contribution is -0.387. The van der Waals surface area contributed by atoms with Crippen molar-refractivity contribution in [2.45, 2.75) is 17.9 Å². The minimum atomic E-state index is -0.954. The molecule has 1 atom stereocenters. The molecular weight excluding hydrogens is 249 g/mol. The summed E-state index contributed by atoms with van der Waals surface area (Å²) in [5, 5.41) is 28.5. The van der Waals surface area contributed by atoms with Crippen molar-refractivity contribution in [2.24, 2.45) is 0 Å². The second-order valence-electron chi connectivity index (χ2n) is 3.47. The quantitative estimate of drug-likeness (QED) is 0.476. The second-order valence-corrected chi connectivity index (χ2v) is 4.54. The van der Waals surface area contributed by atoms with Gasteiger partial charge in [-0.25, -0.2) is 4.39 Å². The van der Waals surface area contributed by atoms with E-state index in [0.29, 0.717) is 5.56 Å². The SMILES string of the molecule is Cc1cc(SCC(O)CO)c([N+](=O)[O-])cc1F. The summed E-state index contributed by atoms with van der Waals surface area (Å²) in [6, 6.07) is 2.23. The summed E-state index contributed by atoms with van der Waals surface area (Å²) in [6.45, 7) is 1.09. The fourth-order valence-electron chi connectivity index (χ4n) is 1.14. The van der Waals surface area contributed by atoms with Gasteiger partial charge in [-0.1, -0.05) is 0 Å². The Kier molecular flexibility index (Phi) is 4.86. The normalized spacial score (nSPS) is 12.5. The maximum Gasteiger partial charge on any atom is 0.285 e. The molecule has 1 aromatic rings. The maximum atomic E-state index is 13.2. The molecule has 0 aromatic heterocycles. The van der Waals surface area contributed by atoms with Gasteiger partial charge in [0.15, 0.2) is 0 Å². The van der Waals surface area contributed by atoms with Crippen LogP contribution in [0.15, 0.2) is 17.0 Å². The molecule has 0 radical (unpaired) electrons. The highest BCUT2D eigenvalue weighted by atomic mass is 32.2. The number of aliphatic hydroxyl groups is 2. The van der Waals surface area contributed by atoms with Crippen molar-refractivity contribution in [1.82, 2.24) is 0 Å². The van der Waals surface area contributed by atoms with Crippen LogP contribution in [0.5, 0.6) is 0 Å². The van der Waals surface area contributed by atoms with E-state index in [0.717, 1.165) is 17.8 Å². The van der Waals surface area contributed by atoms with Crippen LogP contribution in [-0.2, 0) is 0 Å². The van der Waals surface area contributed by atoms with Crippen LogP contribution >= 0.6 is 11.8 Å². The van der Waals surface area contributed by atoms with E-state index in [1.165, 1.54) is 13.0 Å². The number of halogens is 1. The molecule has 7 heteroatoms. The molecule has 0 aliphatic heterocycles. The minimum Gasteiger partial charge on any atom is -0.394 e. The highest BCUT2D eigenvalue weighted by Crippen LogP contribution is 2.31. The predicted molar refractivity (Wildman–Crippen MR) is 61.6 cm³/mol. The van der Waals surface area contributed by atoms with Crippen LogP contribution in [0.2, 0.25) is 0 Å². The summed E-state index contributed by atoms with van der Waals surface area (Å²) in [6.07, 6.45) is -0.954. The Morgan fingerprint density at radius 2 is 2.24 bits per heavy atom. The van der Waals surface area contributed by atoms with Crippen LogP contribution in [0.25, 0.3) is 0 Å². The largest absolute Gasteiger partial charge is 0.394 e. The van der Waals surface area contributed by atoms with Crippen molar-refractivity contribution in [2.75, 3.05) is 12.4 Å². The van der Waals surface area contributed by atoms with Crippen LogP contribution in [-0.4, -0.2) is 33.6 Å². The molecule has 2 N–H and O–H groups in total. The van der Waals surface area contributed by atoms with Crippen LogP contribution in [0.3, 0.4) is 0 Å². The van der Waals surface area contributed by atoms with Crippen LogP contribution in [0.4, 0.5) is 10.1 Å². The zero-order valence-electron chi connectivity index (χ0n) is 9.09. The van der Waals surface area contributed by atoms with Crippen LogP contribution in [0, 0.1) is 22.9 Å². The van der Waals surface area contributed by atoms with Gasteiger partial charge < -0.3 is 10.2 Å². The molecular formula is C10H12FNO4S. The smallest absolute Gasteiger partial charge is 0.285 e. The fourth-order valence-corrected chi connectivity index (χ4v) is 2.16. The van der Waals surface area contributed by atoms with Gasteiger partial charge in [-0.15, -0.1) is 11.8 Å². The summed E-state index contributed by atoms with van der Waals surface area (Å²) in [5.74, 6) is -0.522. The van der Waals surface area contributed by atoms with Crippen molar-refractivity contribution in [1.29, 1.82) is 0 Å². The van der Waals surface area contributed by atoms with Gasteiger partial charge in [0.1, 0.15) is 5.82 Å². The molecule has 0 aliphatic carbocycles. The number of thioether (sulfide) groups is 1. The van der Waals surface area contributed by atoms with Crippen molar-refractivity contribution < 1.29 is 19.5 Å². The first-order valence-electron chi connectivity index (χ1n) is 4.82. The molecule has 0 spiro atoms. The molecule has 1 unspecified atom stereocenters. The summed E-state index contributed by atoms with van der Waals surface area (Å²) < 4.78 is 13.2. The van der Waals surface area contributed by atoms with Crippen LogP contribution in [0.1, 0.15) is 5.56 Å². The summed E-state index contributed by atoms with van der Waals surface area (Å²) in [4.78, 5) is 10.3. The van der Waals surface area contributed by atoms with E-state index in [9.17, 15) is 14.5 Å².